The van der Waals surface area contributed by atoms with Crippen LogP contribution in [0.25, 0.3) is 16.5 Å². The van der Waals surface area contributed by atoms with E-state index in [4.69, 9.17) is 0 Å². The van der Waals surface area contributed by atoms with E-state index in [-0.39, 0.29) is 19.4 Å². The van der Waals surface area contributed by atoms with Gasteiger partial charge in [0.2, 0.25) is 5.91 Å². The Labute approximate surface area is 159 Å². The number of carbonyl (C=O) groups is 2. The standard InChI is InChI=1S/C19H20F3N3O3/c1-10(2)13-5-11-4-12(6-16(26)28-3)18(27)25(9-19(20,21)22)8-15(11)14-7-23-24-17(13)14/h5,7,12H,1,4,6,8-9H2,2-3H3,(H,23,24). The fraction of sp³-hybridized carbons (Fsp3) is 0.421. The van der Waals surface area contributed by atoms with Gasteiger partial charge in [-0.1, -0.05) is 6.58 Å². The quantitative estimate of drug-likeness (QED) is 0.807. The van der Waals surface area contributed by atoms with Gasteiger partial charge in [-0.25, -0.2) is 0 Å². The summed E-state index contributed by atoms with van der Waals surface area (Å²) in [7, 11) is 1.18. The number of nitrogens with zero attached hydrogens (tertiary/aromatic N) is 2. The van der Waals surface area contributed by atoms with E-state index in [0.29, 0.717) is 22.0 Å². The lowest BCUT2D eigenvalue weighted by Crippen LogP contribution is -2.41. The van der Waals surface area contributed by atoms with Gasteiger partial charge in [-0.05, 0) is 36.1 Å². The van der Waals surface area contributed by atoms with Crippen molar-refractivity contribution in [2.24, 2.45) is 5.92 Å². The highest BCUT2D eigenvalue weighted by molar-refractivity contribution is 5.94. The van der Waals surface area contributed by atoms with Crippen LogP contribution >= 0.6 is 0 Å². The van der Waals surface area contributed by atoms with Crippen molar-refractivity contribution in [3.8, 4) is 0 Å². The van der Waals surface area contributed by atoms with E-state index in [0.717, 1.165) is 16.0 Å². The zero-order valence-electron chi connectivity index (χ0n) is 15.5. The lowest BCUT2D eigenvalue weighted by Gasteiger charge is -2.25. The SMILES string of the molecule is C=C(C)c1cc2c(c3cn[nH]c13)CN(CC(F)(F)F)C(=O)C(CC(=O)OC)C2. The normalized spacial score (nSPS) is 17.4. The van der Waals surface area contributed by atoms with E-state index in [2.05, 4.69) is 21.5 Å². The summed E-state index contributed by atoms with van der Waals surface area (Å²) in [6.07, 6.45) is -3.16. The van der Waals surface area contributed by atoms with Gasteiger partial charge in [-0.15, -0.1) is 0 Å². The number of methoxy groups -OCH3 is 1. The van der Waals surface area contributed by atoms with Crippen LogP contribution in [0, 0.1) is 5.92 Å². The third-order valence-corrected chi connectivity index (χ3v) is 4.89. The number of amides is 1. The van der Waals surface area contributed by atoms with Gasteiger partial charge < -0.3 is 9.64 Å². The Hall–Kier alpha value is -2.84. The first-order valence-corrected chi connectivity index (χ1v) is 8.66. The van der Waals surface area contributed by atoms with Crippen molar-refractivity contribution in [3.05, 3.63) is 35.5 Å². The van der Waals surface area contributed by atoms with Crippen LogP contribution in [0.5, 0.6) is 0 Å². The number of halogens is 3. The minimum atomic E-state index is -4.55. The van der Waals surface area contributed by atoms with Crippen molar-refractivity contribution in [1.82, 2.24) is 15.1 Å². The van der Waals surface area contributed by atoms with Crippen LogP contribution in [0.2, 0.25) is 0 Å². The maximum Gasteiger partial charge on any atom is 0.406 e. The van der Waals surface area contributed by atoms with Crippen LogP contribution in [0.3, 0.4) is 0 Å². The summed E-state index contributed by atoms with van der Waals surface area (Å²) in [4.78, 5) is 25.3. The molecule has 0 saturated carbocycles. The fourth-order valence-corrected chi connectivity index (χ4v) is 3.61. The zero-order valence-corrected chi connectivity index (χ0v) is 15.5. The van der Waals surface area contributed by atoms with Gasteiger partial charge in [0, 0.05) is 17.5 Å². The second-order valence-corrected chi connectivity index (χ2v) is 6.99. The number of carbonyl (C=O) groups excluding carboxylic acids is 2. The molecule has 0 spiro atoms. The van der Waals surface area contributed by atoms with E-state index in [1.165, 1.54) is 13.3 Å². The summed E-state index contributed by atoms with van der Waals surface area (Å²) in [5.41, 5.74) is 3.50. The van der Waals surface area contributed by atoms with Crippen molar-refractivity contribution in [2.75, 3.05) is 13.7 Å². The molecule has 3 rings (SSSR count). The van der Waals surface area contributed by atoms with Gasteiger partial charge in [0.25, 0.3) is 0 Å². The van der Waals surface area contributed by atoms with Crippen molar-refractivity contribution in [1.29, 1.82) is 0 Å². The molecular weight excluding hydrogens is 375 g/mol. The third-order valence-electron chi connectivity index (χ3n) is 4.89. The number of benzene rings is 1. The Kier molecular flexibility index (Phi) is 5.18. The Morgan fingerprint density at radius 1 is 1.46 bits per heavy atom. The molecule has 28 heavy (non-hydrogen) atoms. The minimum absolute atomic E-state index is 0.138. The summed E-state index contributed by atoms with van der Waals surface area (Å²) < 4.78 is 43.9. The number of alkyl halides is 3. The lowest BCUT2D eigenvalue weighted by molar-refractivity contribution is -0.165. The average Bonchev–Trinajstić information content (AvgIpc) is 3.05. The molecule has 0 aliphatic carbocycles. The molecule has 0 bridgehead atoms. The fourth-order valence-electron chi connectivity index (χ4n) is 3.61. The summed E-state index contributed by atoms with van der Waals surface area (Å²) in [6, 6.07) is 1.81. The maximum atomic E-state index is 13.1. The molecule has 1 aliphatic rings. The number of aromatic nitrogens is 2. The molecule has 1 aliphatic heterocycles. The summed E-state index contributed by atoms with van der Waals surface area (Å²) in [6.45, 7) is 4.15. The Balaban J connectivity index is 2.14. The Bertz CT molecular complexity index is 949. The number of hydrogen-bond donors (Lipinski definition) is 1. The second kappa shape index (κ2) is 7.29. The topological polar surface area (TPSA) is 75.3 Å². The Morgan fingerprint density at radius 2 is 2.18 bits per heavy atom. The van der Waals surface area contributed by atoms with E-state index < -0.39 is 30.5 Å². The predicted molar refractivity (Wildman–Crippen MR) is 96.1 cm³/mol. The van der Waals surface area contributed by atoms with E-state index in [1.54, 1.807) is 0 Å². The molecular formula is C19H20F3N3O3. The minimum Gasteiger partial charge on any atom is -0.469 e. The highest BCUT2D eigenvalue weighted by Gasteiger charge is 2.39. The van der Waals surface area contributed by atoms with Gasteiger partial charge in [-0.2, -0.15) is 18.3 Å². The van der Waals surface area contributed by atoms with Crippen molar-refractivity contribution < 1.29 is 27.5 Å². The van der Waals surface area contributed by atoms with Crippen LogP contribution < -0.4 is 0 Å². The number of hydrogen-bond acceptors (Lipinski definition) is 4. The highest BCUT2D eigenvalue weighted by atomic mass is 19.4. The molecule has 9 heteroatoms. The van der Waals surface area contributed by atoms with Crippen molar-refractivity contribution >= 4 is 28.4 Å². The molecule has 2 heterocycles. The number of H-pyrrole nitrogens is 1. The molecule has 1 amide bonds. The van der Waals surface area contributed by atoms with Crippen LogP contribution in [-0.4, -0.2) is 46.8 Å². The van der Waals surface area contributed by atoms with Gasteiger partial charge in [-0.3, -0.25) is 14.7 Å². The largest absolute Gasteiger partial charge is 0.469 e. The molecule has 1 N–H and O–H groups in total. The molecule has 1 aromatic heterocycles. The number of fused-ring (bicyclic) bond motifs is 3. The molecule has 0 saturated heterocycles. The average molecular weight is 395 g/mol. The van der Waals surface area contributed by atoms with Crippen LogP contribution in [-0.2, 0) is 27.3 Å². The summed E-state index contributed by atoms with van der Waals surface area (Å²) >= 11 is 0. The number of nitrogens with one attached hydrogen (secondary N) is 1. The predicted octanol–water partition coefficient (Wildman–Crippen LogP) is 3.22. The van der Waals surface area contributed by atoms with Gasteiger partial charge in [0.15, 0.2) is 0 Å². The highest BCUT2D eigenvalue weighted by Crippen LogP contribution is 2.35. The van der Waals surface area contributed by atoms with Crippen molar-refractivity contribution in [3.63, 3.8) is 0 Å². The van der Waals surface area contributed by atoms with E-state index >= 15 is 0 Å². The van der Waals surface area contributed by atoms with E-state index in [1.807, 2.05) is 13.0 Å². The molecule has 0 radical (unpaired) electrons. The maximum absolute atomic E-state index is 13.1. The van der Waals surface area contributed by atoms with Gasteiger partial charge in [0.1, 0.15) is 6.54 Å². The Morgan fingerprint density at radius 3 is 2.79 bits per heavy atom. The molecule has 150 valence electrons. The molecule has 2 aromatic rings. The number of esters is 1. The first-order valence-electron chi connectivity index (χ1n) is 8.66. The molecule has 1 atom stereocenters. The molecule has 0 fully saturated rings. The number of rotatable bonds is 4. The molecule has 1 aromatic carbocycles. The van der Waals surface area contributed by atoms with Crippen LogP contribution in [0.1, 0.15) is 30.0 Å². The molecule has 1 unspecified atom stereocenters. The van der Waals surface area contributed by atoms with Crippen LogP contribution in [0.15, 0.2) is 18.8 Å². The molecule has 6 nitrogen and oxygen atoms in total. The monoisotopic (exact) mass is 395 g/mol. The van der Waals surface area contributed by atoms with Crippen molar-refractivity contribution in [2.45, 2.75) is 32.5 Å². The number of allylic oxidation sites excluding steroid dienone is 1. The van der Waals surface area contributed by atoms with Gasteiger partial charge in [0.05, 0.1) is 31.2 Å². The van der Waals surface area contributed by atoms with Gasteiger partial charge >= 0.3 is 12.1 Å². The smallest absolute Gasteiger partial charge is 0.406 e. The summed E-state index contributed by atoms with van der Waals surface area (Å²) in [5.74, 6) is -2.29. The lowest BCUT2D eigenvalue weighted by atomic mass is 9.90. The first kappa shape index (κ1) is 19.9. The first-order chi connectivity index (χ1) is 13.1. The van der Waals surface area contributed by atoms with Crippen LogP contribution in [0.4, 0.5) is 13.2 Å². The number of aromatic amines is 1. The van der Waals surface area contributed by atoms with E-state index in [9.17, 15) is 22.8 Å². The number of ether oxygens (including phenoxy) is 1. The summed E-state index contributed by atoms with van der Waals surface area (Å²) in [5, 5.41) is 7.52. The zero-order chi connectivity index (χ0) is 20.6. The third kappa shape index (κ3) is 3.88. The second-order valence-electron chi connectivity index (χ2n) is 6.99.